The van der Waals surface area contributed by atoms with Gasteiger partial charge in [0.05, 0.1) is 5.69 Å². The predicted octanol–water partition coefficient (Wildman–Crippen LogP) is 3.56. The molecule has 16 heavy (non-hydrogen) atoms. The largest absolute Gasteiger partial charge is 0.294 e. The van der Waals surface area contributed by atoms with E-state index >= 15 is 0 Å². The van der Waals surface area contributed by atoms with E-state index in [0.29, 0.717) is 11.3 Å². The van der Waals surface area contributed by atoms with Gasteiger partial charge in [0.2, 0.25) is 0 Å². The van der Waals surface area contributed by atoms with Gasteiger partial charge in [-0.1, -0.05) is 12.1 Å². The first-order valence-corrected chi connectivity index (χ1v) is 4.77. The Morgan fingerprint density at radius 3 is 2.62 bits per heavy atom. The van der Waals surface area contributed by atoms with Crippen LogP contribution in [0.5, 0.6) is 0 Å². The Balaban J connectivity index is 3.34. The number of aliphatic imine (C=N–C) groups is 1. The van der Waals surface area contributed by atoms with Crippen molar-refractivity contribution >= 4 is 17.3 Å². The van der Waals surface area contributed by atoms with Crippen LogP contribution in [0.2, 0.25) is 0 Å². The van der Waals surface area contributed by atoms with Crippen molar-refractivity contribution in [3.8, 4) is 0 Å². The molecule has 0 N–H and O–H groups in total. The predicted molar refractivity (Wildman–Crippen MR) is 63.1 cm³/mol. The van der Waals surface area contributed by atoms with Gasteiger partial charge in [0, 0.05) is 10.5 Å². The molecule has 0 aromatic heterocycles. The molecule has 0 aliphatic heterocycles. The minimum atomic E-state index is -0.0504. The SMILES string of the molecule is CC(=O)c1c(C)cccc1/N=C(/C)N=[N+]=[N-]. The average molecular weight is 216 g/mol. The topological polar surface area (TPSA) is 78.2 Å². The molecule has 82 valence electrons. The van der Waals surface area contributed by atoms with E-state index in [1.54, 1.807) is 13.0 Å². The molecule has 0 saturated carbocycles. The number of hydrogen-bond acceptors (Lipinski definition) is 2. The lowest BCUT2D eigenvalue weighted by atomic mass is 10.0. The minimum absolute atomic E-state index is 0.0504. The van der Waals surface area contributed by atoms with Gasteiger partial charge in [-0.15, -0.1) is 0 Å². The number of rotatable bonds is 2. The molecule has 5 nitrogen and oxygen atoms in total. The van der Waals surface area contributed by atoms with E-state index in [9.17, 15) is 4.79 Å². The zero-order valence-corrected chi connectivity index (χ0v) is 9.43. The third kappa shape index (κ3) is 2.68. The first-order valence-electron chi connectivity index (χ1n) is 4.77. The summed E-state index contributed by atoms with van der Waals surface area (Å²) in [6.45, 7) is 4.93. The zero-order valence-electron chi connectivity index (χ0n) is 9.43. The highest BCUT2D eigenvalue weighted by atomic mass is 16.1. The summed E-state index contributed by atoms with van der Waals surface area (Å²) in [4.78, 5) is 18.2. The van der Waals surface area contributed by atoms with Crippen molar-refractivity contribution in [2.24, 2.45) is 10.1 Å². The van der Waals surface area contributed by atoms with Crippen LogP contribution in [-0.4, -0.2) is 11.6 Å². The minimum Gasteiger partial charge on any atom is -0.294 e. The van der Waals surface area contributed by atoms with Crippen molar-refractivity contribution in [2.75, 3.05) is 0 Å². The number of ketones is 1. The summed E-state index contributed by atoms with van der Waals surface area (Å²) in [5.74, 6) is 0.237. The summed E-state index contributed by atoms with van der Waals surface area (Å²) in [6.07, 6.45) is 0. The monoisotopic (exact) mass is 216 g/mol. The fourth-order valence-corrected chi connectivity index (χ4v) is 1.46. The van der Waals surface area contributed by atoms with Crippen LogP contribution in [0.25, 0.3) is 10.4 Å². The van der Waals surface area contributed by atoms with Gasteiger partial charge in [-0.2, -0.15) is 0 Å². The van der Waals surface area contributed by atoms with Crippen LogP contribution in [0.3, 0.4) is 0 Å². The van der Waals surface area contributed by atoms with Gasteiger partial charge in [-0.05, 0) is 43.0 Å². The number of carbonyl (C=O) groups is 1. The smallest absolute Gasteiger partial charge is 0.162 e. The molecule has 1 aromatic carbocycles. The van der Waals surface area contributed by atoms with Crippen molar-refractivity contribution in [1.29, 1.82) is 0 Å². The summed E-state index contributed by atoms with van der Waals surface area (Å²) >= 11 is 0. The number of azide groups is 1. The summed E-state index contributed by atoms with van der Waals surface area (Å²) in [6, 6.07) is 5.38. The first kappa shape index (κ1) is 11.9. The van der Waals surface area contributed by atoms with Gasteiger partial charge >= 0.3 is 0 Å². The molecule has 0 bridgehead atoms. The third-order valence-corrected chi connectivity index (χ3v) is 2.07. The maximum absolute atomic E-state index is 11.5. The highest BCUT2D eigenvalue weighted by molar-refractivity contribution is 6.01. The fraction of sp³-hybridized carbons (Fsp3) is 0.273. The number of carbonyl (C=O) groups excluding carboxylic acids is 1. The standard InChI is InChI=1S/C11H12N4O/c1-7-5-4-6-10(11(7)8(2)16)13-9(3)14-15-12/h4-6H,1-3H3/b13-9-. The van der Waals surface area contributed by atoms with E-state index in [1.165, 1.54) is 6.92 Å². The Morgan fingerprint density at radius 2 is 2.06 bits per heavy atom. The number of amidine groups is 1. The quantitative estimate of drug-likeness (QED) is 0.186. The van der Waals surface area contributed by atoms with Gasteiger partial charge < -0.3 is 0 Å². The number of nitrogens with zero attached hydrogens (tertiary/aromatic N) is 4. The third-order valence-electron chi connectivity index (χ3n) is 2.07. The zero-order chi connectivity index (χ0) is 12.1. The van der Waals surface area contributed by atoms with E-state index in [2.05, 4.69) is 15.0 Å². The lowest BCUT2D eigenvalue weighted by Crippen LogP contribution is -1.97. The van der Waals surface area contributed by atoms with Crippen LogP contribution >= 0.6 is 0 Å². The molecule has 1 aromatic rings. The van der Waals surface area contributed by atoms with Crippen molar-refractivity contribution in [3.05, 3.63) is 39.8 Å². The highest BCUT2D eigenvalue weighted by Crippen LogP contribution is 2.23. The van der Waals surface area contributed by atoms with Crippen LogP contribution in [0.1, 0.15) is 29.8 Å². The molecule has 0 amide bonds. The molecule has 0 heterocycles. The molecule has 0 aliphatic rings. The second-order valence-corrected chi connectivity index (χ2v) is 3.37. The number of Topliss-reactive ketones (excluding diaryl/α,β-unsaturated/α-hetero) is 1. The van der Waals surface area contributed by atoms with Gasteiger partial charge in [0.25, 0.3) is 0 Å². The van der Waals surface area contributed by atoms with Crippen molar-refractivity contribution in [3.63, 3.8) is 0 Å². The molecule has 0 radical (unpaired) electrons. The van der Waals surface area contributed by atoms with Gasteiger partial charge in [0.15, 0.2) is 5.78 Å². The van der Waals surface area contributed by atoms with Crippen LogP contribution in [0.4, 0.5) is 5.69 Å². The maximum Gasteiger partial charge on any atom is 0.162 e. The molecular weight excluding hydrogens is 204 g/mol. The summed E-state index contributed by atoms with van der Waals surface area (Å²) in [5, 5.41) is 3.37. The Labute approximate surface area is 93.4 Å². The van der Waals surface area contributed by atoms with E-state index in [-0.39, 0.29) is 11.6 Å². The van der Waals surface area contributed by atoms with Crippen molar-refractivity contribution in [2.45, 2.75) is 20.8 Å². The molecular formula is C11H12N4O. The molecule has 1 rings (SSSR count). The molecule has 5 heteroatoms. The number of benzene rings is 1. The average Bonchev–Trinajstić information content (AvgIpc) is 2.17. The fourth-order valence-electron chi connectivity index (χ4n) is 1.46. The maximum atomic E-state index is 11.5. The second kappa shape index (κ2) is 5.09. The summed E-state index contributed by atoms with van der Waals surface area (Å²) < 4.78 is 0. The molecule has 0 aliphatic carbocycles. The van der Waals surface area contributed by atoms with E-state index in [1.807, 2.05) is 19.1 Å². The molecule has 0 atom stereocenters. The Hall–Kier alpha value is -2.13. The molecule has 0 unspecified atom stereocenters. The van der Waals surface area contributed by atoms with E-state index < -0.39 is 0 Å². The van der Waals surface area contributed by atoms with Crippen molar-refractivity contribution < 1.29 is 4.79 Å². The lowest BCUT2D eigenvalue weighted by molar-refractivity contribution is 0.101. The highest BCUT2D eigenvalue weighted by Gasteiger charge is 2.09. The number of hydrogen-bond donors (Lipinski definition) is 0. The van der Waals surface area contributed by atoms with Gasteiger partial charge in [0.1, 0.15) is 5.84 Å². The van der Waals surface area contributed by atoms with Crippen LogP contribution < -0.4 is 0 Å². The van der Waals surface area contributed by atoms with E-state index in [0.717, 1.165) is 5.56 Å². The van der Waals surface area contributed by atoms with Gasteiger partial charge in [-0.3, -0.25) is 9.79 Å². The summed E-state index contributed by atoms with van der Waals surface area (Å²) in [7, 11) is 0. The Bertz CT molecular complexity index is 499. The Kier molecular flexibility index (Phi) is 3.80. The first-order chi connectivity index (χ1) is 7.56. The van der Waals surface area contributed by atoms with Crippen molar-refractivity contribution in [1.82, 2.24) is 0 Å². The van der Waals surface area contributed by atoms with Crippen LogP contribution in [0.15, 0.2) is 28.3 Å². The summed E-state index contributed by atoms with van der Waals surface area (Å²) in [5.41, 5.74) is 10.2. The lowest BCUT2D eigenvalue weighted by Gasteiger charge is -2.05. The molecule has 0 spiro atoms. The Morgan fingerprint density at radius 1 is 1.38 bits per heavy atom. The van der Waals surface area contributed by atoms with Crippen LogP contribution in [0, 0.1) is 6.92 Å². The van der Waals surface area contributed by atoms with Crippen LogP contribution in [-0.2, 0) is 0 Å². The number of aryl methyl sites for hydroxylation is 1. The second-order valence-electron chi connectivity index (χ2n) is 3.37. The molecule has 0 saturated heterocycles. The van der Waals surface area contributed by atoms with E-state index in [4.69, 9.17) is 5.53 Å². The normalized spacial score (nSPS) is 10.8. The van der Waals surface area contributed by atoms with Gasteiger partial charge in [-0.25, -0.2) is 0 Å². The molecule has 0 fully saturated rings.